The van der Waals surface area contributed by atoms with E-state index in [2.05, 4.69) is 0 Å². The maximum atomic E-state index is 9.26. The van der Waals surface area contributed by atoms with Gasteiger partial charge in [-0.2, -0.15) is 0 Å². The van der Waals surface area contributed by atoms with Crippen LogP contribution in [0.3, 0.4) is 0 Å². The van der Waals surface area contributed by atoms with Crippen molar-refractivity contribution in [1.82, 2.24) is 0 Å². The molecule has 1 unspecified atom stereocenters. The first-order chi connectivity index (χ1) is 8.06. The predicted octanol–water partition coefficient (Wildman–Crippen LogP) is 2.57. The van der Waals surface area contributed by atoms with E-state index in [0.717, 1.165) is 29.1 Å². The van der Waals surface area contributed by atoms with Gasteiger partial charge < -0.3 is 14.6 Å². The van der Waals surface area contributed by atoms with Crippen molar-refractivity contribution >= 4 is 0 Å². The zero-order valence-corrected chi connectivity index (χ0v) is 10.9. The molecule has 0 heterocycles. The average Bonchev–Trinajstić information content (AvgIpc) is 2.27. The highest BCUT2D eigenvalue weighted by Crippen LogP contribution is 2.28. The van der Waals surface area contributed by atoms with Crippen LogP contribution in [0, 0.1) is 0 Å². The van der Waals surface area contributed by atoms with E-state index >= 15 is 0 Å². The van der Waals surface area contributed by atoms with Crippen molar-refractivity contribution in [3.05, 3.63) is 35.4 Å². The first-order valence-corrected chi connectivity index (χ1v) is 5.63. The van der Waals surface area contributed by atoms with Gasteiger partial charge in [-0.15, -0.1) is 0 Å². The summed E-state index contributed by atoms with van der Waals surface area (Å²) < 4.78 is 10.4. The summed E-state index contributed by atoms with van der Waals surface area (Å²) in [5.74, 6) is 1.46. The fourth-order valence-corrected chi connectivity index (χ4v) is 1.78. The lowest BCUT2D eigenvalue weighted by Crippen LogP contribution is -1.97. The van der Waals surface area contributed by atoms with Crippen LogP contribution in [0.15, 0.2) is 29.8 Å². The molecule has 0 saturated carbocycles. The zero-order valence-electron chi connectivity index (χ0n) is 10.9. The molecule has 0 fully saturated rings. The average molecular weight is 236 g/mol. The van der Waals surface area contributed by atoms with Crippen LogP contribution in [0.5, 0.6) is 11.5 Å². The normalized spacial score (nSPS) is 13.4. The van der Waals surface area contributed by atoms with Crippen molar-refractivity contribution in [2.24, 2.45) is 0 Å². The van der Waals surface area contributed by atoms with Gasteiger partial charge in [0.15, 0.2) is 11.5 Å². The number of aliphatic hydroxyl groups is 1. The van der Waals surface area contributed by atoms with Crippen LogP contribution in [0.4, 0.5) is 0 Å². The van der Waals surface area contributed by atoms with E-state index in [1.807, 2.05) is 31.2 Å². The highest BCUT2D eigenvalue weighted by Gasteiger charge is 2.05. The Hall–Kier alpha value is -1.48. The van der Waals surface area contributed by atoms with Gasteiger partial charge in [0.1, 0.15) is 0 Å². The molecule has 1 atom stereocenters. The minimum absolute atomic E-state index is 0.407. The lowest BCUT2D eigenvalue weighted by atomic mass is 10.0. The van der Waals surface area contributed by atoms with Gasteiger partial charge in [-0.25, -0.2) is 0 Å². The lowest BCUT2D eigenvalue weighted by Gasteiger charge is -2.10. The van der Waals surface area contributed by atoms with E-state index in [9.17, 15) is 5.11 Å². The molecule has 3 heteroatoms. The van der Waals surface area contributed by atoms with Gasteiger partial charge in [-0.3, -0.25) is 0 Å². The summed E-state index contributed by atoms with van der Waals surface area (Å²) in [6.07, 6.45) is 2.23. The summed E-state index contributed by atoms with van der Waals surface area (Å²) in [6.45, 7) is 3.75. The Bertz CT molecular complexity index is 394. The molecule has 0 aliphatic rings. The zero-order chi connectivity index (χ0) is 12.8. The molecule has 0 aliphatic heterocycles. The number of ether oxygens (including phenoxy) is 2. The summed E-state index contributed by atoms with van der Waals surface area (Å²) in [7, 11) is 3.25. The molecule has 1 aromatic carbocycles. The smallest absolute Gasteiger partial charge is 0.160 e. The molecule has 1 N–H and O–H groups in total. The van der Waals surface area contributed by atoms with Crippen molar-refractivity contribution in [2.45, 2.75) is 26.4 Å². The summed E-state index contributed by atoms with van der Waals surface area (Å²) in [5, 5.41) is 9.26. The van der Waals surface area contributed by atoms with Gasteiger partial charge in [0.25, 0.3) is 0 Å². The number of benzene rings is 1. The number of allylic oxidation sites excluding steroid dienone is 1. The quantitative estimate of drug-likeness (QED) is 0.799. The highest BCUT2D eigenvalue weighted by atomic mass is 16.5. The van der Waals surface area contributed by atoms with E-state index in [1.54, 1.807) is 21.1 Å². The third kappa shape index (κ3) is 4.11. The van der Waals surface area contributed by atoms with Crippen LogP contribution < -0.4 is 9.47 Å². The van der Waals surface area contributed by atoms with Crippen LogP contribution in [-0.2, 0) is 6.42 Å². The fraction of sp³-hybridized carbons (Fsp3) is 0.429. The minimum atomic E-state index is -0.407. The second-order valence-electron chi connectivity index (χ2n) is 4.12. The monoisotopic (exact) mass is 236 g/mol. The molecule has 0 radical (unpaired) electrons. The molecule has 0 aromatic heterocycles. The van der Waals surface area contributed by atoms with E-state index < -0.39 is 6.10 Å². The lowest BCUT2D eigenvalue weighted by molar-refractivity contribution is 0.243. The molecule has 3 nitrogen and oxygen atoms in total. The second-order valence-corrected chi connectivity index (χ2v) is 4.12. The van der Waals surface area contributed by atoms with Crippen molar-refractivity contribution in [1.29, 1.82) is 0 Å². The molecular weight excluding hydrogens is 216 g/mol. The van der Waals surface area contributed by atoms with Crippen LogP contribution >= 0.6 is 0 Å². The summed E-state index contributed by atoms with van der Waals surface area (Å²) in [5.41, 5.74) is 2.27. The predicted molar refractivity (Wildman–Crippen MR) is 68.7 cm³/mol. The Kier molecular flexibility index (Phi) is 5.04. The molecule has 1 rings (SSSR count). The van der Waals surface area contributed by atoms with E-state index in [1.165, 1.54) is 0 Å². The Labute approximate surface area is 103 Å². The largest absolute Gasteiger partial charge is 0.493 e. The maximum Gasteiger partial charge on any atom is 0.160 e. The topological polar surface area (TPSA) is 38.7 Å². The van der Waals surface area contributed by atoms with Crippen LogP contribution in [-0.4, -0.2) is 25.4 Å². The number of hydrogen-bond acceptors (Lipinski definition) is 3. The van der Waals surface area contributed by atoms with Crippen LogP contribution in [0.2, 0.25) is 0 Å². The molecular formula is C14H20O3. The summed E-state index contributed by atoms with van der Waals surface area (Å²) in [6, 6.07) is 5.85. The van der Waals surface area contributed by atoms with Gasteiger partial charge in [0, 0.05) is 0 Å². The number of hydrogen-bond donors (Lipinski definition) is 1. The molecule has 0 saturated heterocycles. The molecule has 17 heavy (non-hydrogen) atoms. The second kappa shape index (κ2) is 6.30. The fourth-order valence-electron chi connectivity index (χ4n) is 1.78. The SMILES string of the molecule is COc1ccc(C/C(C)=C/C(C)O)cc1OC. The van der Waals surface area contributed by atoms with Gasteiger partial charge in [0.2, 0.25) is 0 Å². The van der Waals surface area contributed by atoms with E-state index in [4.69, 9.17) is 9.47 Å². The first kappa shape index (κ1) is 13.6. The van der Waals surface area contributed by atoms with Crippen molar-refractivity contribution < 1.29 is 14.6 Å². The van der Waals surface area contributed by atoms with Crippen LogP contribution in [0.1, 0.15) is 19.4 Å². The Morgan fingerprint density at radius 2 is 1.94 bits per heavy atom. The van der Waals surface area contributed by atoms with Crippen molar-refractivity contribution in [3.8, 4) is 11.5 Å². The molecule has 0 aliphatic carbocycles. The minimum Gasteiger partial charge on any atom is -0.493 e. The first-order valence-electron chi connectivity index (χ1n) is 5.63. The molecule has 94 valence electrons. The third-order valence-electron chi connectivity index (χ3n) is 2.46. The van der Waals surface area contributed by atoms with Gasteiger partial charge in [-0.05, 0) is 38.0 Å². The van der Waals surface area contributed by atoms with E-state index in [0.29, 0.717) is 0 Å². The third-order valence-corrected chi connectivity index (χ3v) is 2.46. The number of rotatable bonds is 5. The Morgan fingerprint density at radius 3 is 2.47 bits per heavy atom. The number of aliphatic hydroxyl groups excluding tert-OH is 1. The molecule has 0 amide bonds. The summed E-state index contributed by atoms with van der Waals surface area (Å²) >= 11 is 0. The Morgan fingerprint density at radius 1 is 1.29 bits per heavy atom. The summed E-state index contributed by atoms with van der Waals surface area (Å²) in [4.78, 5) is 0. The molecule has 1 aromatic rings. The Balaban J connectivity index is 2.86. The van der Waals surface area contributed by atoms with Crippen molar-refractivity contribution in [3.63, 3.8) is 0 Å². The van der Waals surface area contributed by atoms with Gasteiger partial charge >= 0.3 is 0 Å². The highest BCUT2D eigenvalue weighted by molar-refractivity contribution is 5.43. The molecule has 0 bridgehead atoms. The van der Waals surface area contributed by atoms with Gasteiger partial charge in [-0.1, -0.05) is 17.7 Å². The standard InChI is InChI=1S/C14H20O3/c1-10(7-11(2)15)8-12-5-6-13(16-3)14(9-12)17-4/h5-7,9,11,15H,8H2,1-4H3/b10-7+. The van der Waals surface area contributed by atoms with Gasteiger partial charge in [0.05, 0.1) is 20.3 Å². The molecule has 0 spiro atoms. The van der Waals surface area contributed by atoms with E-state index in [-0.39, 0.29) is 0 Å². The van der Waals surface area contributed by atoms with Crippen molar-refractivity contribution in [2.75, 3.05) is 14.2 Å². The van der Waals surface area contributed by atoms with Crippen LogP contribution in [0.25, 0.3) is 0 Å². The maximum absolute atomic E-state index is 9.26. The number of methoxy groups -OCH3 is 2.